The third-order valence-corrected chi connectivity index (χ3v) is 4.55. The van der Waals surface area contributed by atoms with Crippen molar-refractivity contribution in [2.24, 2.45) is 0 Å². The minimum absolute atomic E-state index is 0.0884. The van der Waals surface area contributed by atoms with Crippen molar-refractivity contribution in [2.45, 2.75) is 49.9 Å². The fourth-order valence-corrected chi connectivity index (χ4v) is 3.04. The van der Waals surface area contributed by atoms with Gasteiger partial charge in [0.25, 0.3) is 5.91 Å². The molecular formula is C15H20BrNO. The SMILES string of the molecule is CCc1ccccc1C(=O)NC1CCC(Br)CC1. The summed E-state index contributed by atoms with van der Waals surface area (Å²) in [6.07, 6.45) is 5.37. The van der Waals surface area contributed by atoms with Crippen LogP contribution in [0.25, 0.3) is 0 Å². The van der Waals surface area contributed by atoms with Gasteiger partial charge in [-0.1, -0.05) is 41.1 Å². The molecule has 3 heteroatoms. The molecule has 18 heavy (non-hydrogen) atoms. The van der Waals surface area contributed by atoms with Gasteiger partial charge in [0.2, 0.25) is 0 Å². The first kappa shape index (κ1) is 13.6. The second-order valence-corrected chi connectivity index (χ2v) is 6.23. The van der Waals surface area contributed by atoms with Crippen LogP contribution >= 0.6 is 15.9 Å². The molecule has 1 saturated carbocycles. The van der Waals surface area contributed by atoms with Crippen LogP contribution in [0.3, 0.4) is 0 Å². The lowest BCUT2D eigenvalue weighted by Gasteiger charge is -2.26. The van der Waals surface area contributed by atoms with Crippen molar-refractivity contribution in [3.63, 3.8) is 0 Å². The minimum atomic E-state index is 0.0884. The summed E-state index contributed by atoms with van der Waals surface area (Å²) in [5, 5.41) is 3.17. The molecule has 1 aromatic rings. The Kier molecular flexibility index (Phi) is 4.81. The lowest BCUT2D eigenvalue weighted by molar-refractivity contribution is 0.0927. The molecule has 1 aliphatic carbocycles. The van der Waals surface area contributed by atoms with Crippen LogP contribution in [0.5, 0.6) is 0 Å². The van der Waals surface area contributed by atoms with Crippen LogP contribution in [0.15, 0.2) is 24.3 Å². The summed E-state index contributed by atoms with van der Waals surface area (Å²) in [5.74, 6) is 0.0884. The number of alkyl halides is 1. The average molecular weight is 310 g/mol. The van der Waals surface area contributed by atoms with Gasteiger partial charge in [0.1, 0.15) is 0 Å². The normalized spacial score (nSPS) is 23.7. The molecule has 0 radical (unpaired) electrons. The highest BCUT2D eigenvalue weighted by Gasteiger charge is 2.21. The number of carbonyl (C=O) groups excluding carboxylic acids is 1. The zero-order valence-electron chi connectivity index (χ0n) is 10.8. The topological polar surface area (TPSA) is 29.1 Å². The summed E-state index contributed by atoms with van der Waals surface area (Å²) in [6.45, 7) is 2.09. The highest BCUT2D eigenvalue weighted by molar-refractivity contribution is 9.09. The van der Waals surface area contributed by atoms with Crippen LogP contribution in [0.1, 0.15) is 48.5 Å². The summed E-state index contributed by atoms with van der Waals surface area (Å²) in [6, 6.07) is 8.22. The first-order valence-electron chi connectivity index (χ1n) is 6.73. The predicted octanol–water partition coefficient (Wildman–Crippen LogP) is 3.68. The zero-order valence-corrected chi connectivity index (χ0v) is 12.4. The molecule has 2 rings (SSSR count). The number of carbonyl (C=O) groups is 1. The monoisotopic (exact) mass is 309 g/mol. The van der Waals surface area contributed by atoms with E-state index >= 15 is 0 Å². The maximum atomic E-state index is 12.3. The van der Waals surface area contributed by atoms with E-state index in [0.717, 1.165) is 43.2 Å². The average Bonchev–Trinajstić information content (AvgIpc) is 2.41. The molecule has 0 bridgehead atoms. The number of benzene rings is 1. The van der Waals surface area contributed by atoms with Gasteiger partial charge in [-0.15, -0.1) is 0 Å². The van der Waals surface area contributed by atoms with Crippen molar-refractivity contribution in [3.05, 3.63) is 35.4 Å². The Morgan fingerprint density at radius 2 is 1.94 bits per heavy atom. The van der Waals surface area contributed by atoms with E-state index in [2.05, 4.69) is 28.2 Å². The molecule has 0 aromatic heterocycles. The maximum Gasteiger partial charge on any atom is 0.251 e. The smallest absolute Gasteiger partial charge is 0.251 e. The lowest BCUT2D eigenvalue weighted by Crippen LogP contribution is -2.38. The van der Waals surface area contributed by atoms with E-state index in [1.807, 2.05) is 24.3 Å². The molecule has 1 aliphatic rings. The van der Waals surface area contributed by atoms with Crippen molar-refractivity contribution in [1.29, 1.82) is 0 Å². The molecule has 0 spiro atoms. The number of nitrogens with one attached hydrogen (secondary N) is 1. The molecule has 0 aliphatic heterocycles. The second-order valence-electron chi connectivity index (χ2n) is 4.93. The van der Waals surface area contributed by atoms with E-state index in [1.54, 1.807) is 0 Å². The Labute approximate surface area is 117 Å². The Balaban J connectivity index is 1.99. The summed E-state index contributed by atoms with van der Waals surface area (Å²) in [5.41, 5.74) is 1.96. The number of rotatable bonds is 3. The van der Waals surface area contributed by atoms with E-state index in [-0.39, 0.29) is 5.91 Å². The molecule has 0 unspecified atom stereocenters. The number of hydrogen-bond acceptors (Lipinski definition) is 1. The van der Waals surface area contributed by atoms with E-state index in [1.165, 1.54) is 0 Å². The lowest BCUT2D eigenvalue weighted by atomic mass is 9.94. The third-order valence-electron chi connectivity index (χ3n) is 3.63. The van der Waals surface area contributed by atoms with E-state index < -0.39 is 0 Å². The van der Waals surface area contributed by atoms with Gasteiger partial charge in [0.15, 0.2) is 0 Å². The Morgan fingerprint density at radius 3 is 2.61 bits per heavy atom. The second kappa shape index (κ2) is 6.37. The van der Waals surface area contributed by atoms with E-state index in [4.69, 9.17) is 0 Å². The molecule has 1 amide bonds. The van der Waals surface area contributed by atoms with Crippen molar-refractivity contribution in [1.82, 2.24) is 5.32 Å². The predicted molar refractivity (Wildman–Crippen MR) is 78.3 cm³/mol. The van der Waals surface area contributed by atoms with Crippen molar-refractivity contribution < 1.29 is 4.79 Å². The molecular weight excluding hydrogens is 290 g/mol. The van der Waals surface area contributed by atoms with E-state index in [9.17, 15) is 4.79 Å². The number of hydrogen-bond donors (Lipinski definition) is 1. The molecule has 98 valence electrons. The third kappa shape index (κ3) is 3.35. The van der Waals surface area contributed by atoms with Crippen LogP contribution in [0.2, 0.25) is 0 Å². The maximum absolute atomic E-state index is 12.3. The van der Waals surface area contributed by atoms with Gasteiger partial charge in [-0.2, -0.15) is 0 Å². The van der Waals surface area contributed by atoms with Gasteiger partial charge in [0.05, 0.1) is 0 Å². The number of halogens is 1. The first-order chi connectivity index (χ1) is 8.70. The first-order valence-corrected chi connectivity index (χ1v) is 7.65. The van der Waals surface area contributed by atoms with Crippen LogP contribution < -0.4 is 5.32 Å². The number of amides is 1. The summed E-state index contributed by atoms with van der Waals surface area (Å²) in [7, 11) is 0. The molecule has 0 atom stereocenters. The highest BCUT2D eigenvalue weighted by atomic mass is 79.9. The van der Waals surface area contributed by atoms with Crippen molar-refractivity contribution in [3.8, 4) is 0 Å². The molecule has 0 saturated heterocycles. The van der Waals surface area contributed by atoms with Gasteiger partial charge in [0, 0.05) is 16.4 Å². The van der Waals surface area contributed by atoms with Crippen LogP contribution in [0.4, 0.5) is 0 Å². The molecule has 1 fully saturated rings. The van der Waals surface area contributed by atoms with Gasteiger partial charge in [-0.05, 0) is 43.7 Å². The fourth-order valence-electron chi connectivity index (χ4n) is 2.51. The molecule has 1 N–H and O–H groups in total. The van der Waals surface area contributed by atoms with Crippen LogP contribution in [0, 0.1) is 0 Å². The Hall–Kier alpha value is -0.830. The van der Waals surface area contributed by atoms with Crippen molar-refractivity contribution >= 4 is 21.8 Å². The van der Waals surface area contributed by atoms with Gasteiger partial charge in [-0.3, -0.25) is 4.79 Å². The quantitative estimate of drug-likeness (QED) is 0.848. The summed E-state index contributed by atoms with van der Waals surface area (Å²) in [4.78, 5) is 12.9. The van der Waals surface area contributed by atoms with E-state index in [0.29, 0.717) is 10.9 Å². The molecule has 1 aromatic carbocycles. The standard InChI is InChI=1S/C15H20BrNO/c1-2-11-5-3-4-6-14(11)15(18)17-13-9-7-12(16)8-10-13/h3-6,12-13H,2,7-10H2,1H3,(H,17,18). The largest absolute Gasteiger partial charge is 0.349 e. The van der Waals surface area contributed by atoms with Crippen molar-refractivity contribution in [2.75, 3.05) is 0 Å². The van der Waals surface area contributed by atoms with Gasteiger partial charge in [-0.25, -0.2) is 0 Å². The fraction of sp³-hybridized carbons (Fsp3) is 0.533. The summed E-state index contributed by atoms with van der Waals surface area (Å²) >= 11 is 3.64. The molecule has 0 heterocycles. The van der Waals surface area contributed by atoms with Crippen LogP contribution in [-0.4, -0.2) is 16.8 Å². The highest BCUT2D eigenvalue weighted by Crippen LogP contribution is 2.24. The minimum Gasteiger partial charge on any atom is -0.349 e. The van der Waals surface area contributed by atoms with Gasteiger partial charge >= 0.3 is 0 Å². The Bertz CT molecular complexity index is 411. The molecule has 2 nitrogen and oxygen atoms in total. The number of aryl methyl sites for hydroxylation is 1. The van der Waals surface area contributed by atoms with Crippen LogP contribution in [-0.2, 0) is 6.42 Å². The zero-order chi connectivity index (χ0) is 13.0. The van der Waals surface area contributed by atoms with Gasteiger partial charge < -0.3 is 5.32 Å². The Morgan fingerprint density at radius 1 is 1.28 bits per heavy atom. The summed E-state index contributed by atoms with van der Waals surface area (Å²) < 4.78 is 0.